The van der Waals surface area contributed by atoms with Gasteiger partial charge in [0.2, 0.25) is 5.91 Å². The van der Waals surface area contributed by atoms with E-state index in [4.69, 9.17) is 5.73 Å². The van der Waals surface area contributed by atoms with E-state index in [9.17, 15) is 4.79 Å². The fraction of sp³-hybridized carbons (Fsp3) is 0.533. The third kappa shape index (κ3) is 3.74. The minimum absolute atomic E-state index is 0. The van der Waals surface area contributed by atoms with Crippen LogP contribution >= 0.6 is 28.3 Å². The lowest BCUT2D eigenvalue weighted by Crippen LogP contribution is -2.53. The third-order valence-electron chi connectivity index (χ3n) is 3.74. The molecule has 1 fully saturated rings. The van der Waals surface area contributed by atoms with E-state index >= 15 is 0 Å². The lowest BCUT2D eigenvalue weighted by atomic mass is 9.64. The van der Waals surface area contributed by atoms with Crippen molar-refractivity contribution >= 4 is 34.2 Å². The Bertz CT molecular complexity index is 464. The summed E-state index contributed by atoms with van der Waals surface area (Å²) in [6.07, 6.45) is 2.95. The lowest BCUT2D eigenvalue weighted by Gasteiger charge is -2.41. The van der Waals surface area contributed by atoms with Gasteiger partial charge in [0.15, 0.2) is 0 Å². The van der Waals surface area contributed by atoms with Crippen molar-refractivity contribution in [1.82, 2.24) is 5.32 Å². The molecule has 3 N–H and O–H groups in total. The molecule has 3 nitrogen and oxygen atoms in total. The fourth-order valence-corrected chi connectivity index (χ4v) is 2.69. The number of carbonyl (C=O) groups is 1. The van der Waals surface area contributed by atoms with Crippen LogP contribution in [0.15, 0.2) is 28.7 Å². The largest absolute Gasteiger partial charge is 0.354 e. The molecule has 1 aliphatic rings. The zero-order valence-electron chi connectivity index (χ0n) is 11.9. The summed E-state index contributed by atoms with van der Waals surface area (Å²) >= 11 is 3.43. The number of benzene rings is 1. The number of amides is 1. The van der Waals surface area contributed by atoms with Crippen molar-refractivity contribution in [2.45, 2.75) is 44.1 Å². The normalized spacial score (nSPS) is 16.8. The van der Waals surface area contributed by atoms with Crippen LogP contribution in [-0.4, -0.2) is 18.0 Å². The summed E-state index contributed by atoms with van der Waals surface area (Å²) in [5.74, 6) is 0.111. The van der Waals surface area contributed by atoms with Gasteiger partial charge in [0.05, 0.1) is 5.41 Å². The van der Waals surface area contributed by atoms with Crippen molar-refractivity contribution in [1.29, 1.82) is 0 Å². The molecular weight excluding hydrogens is 340 g/mol. The summed E-state index contributed by atoms with van der Waals surface area (Å²) in [4.78, 5) is 12.5. The van der Waals surface area contributed by atoms with Gasteiger partial charge in [-0.1, -0.05) is 34.5 Å². The zero-order valence-corrected chi connectivity index (χ0v) is 14.3. The van der Waals surface area contributed by atoms with E-state index in [0.717, 1.165) is 29.3 Å². The first-order chi connectivity index (χ1) is 8.83. The van der Waals surface area contributed by atoms with Crippen molar-refractivity contribution in [2.24, 2.45) is 5.73 Å². The molecule has 5 heteroatoms. The van der Waals surface area contributed by atoms with E-state index in [2.05, 4.69) is 21.2 Å². The predicted octanol–water partition coefficient (Wildman–Crippen LogP) is 3.15. The first-order valence-corrected chi connectivity index (χ1v) is 7.46. The van der Waals surface area contributed by atoms with Crippen molar-refractivity contribution in [3.63, 3.8) is 0 Å². The van der Waals surface area contributed by atoms with E-state index in [0.29, 0.717) is 6.54 Å². The summed E-state index contributed by atoms with van der Waals surface area (Å²) in [6.45, 7) is 4.34. The Morgan fingerprint density at radius 1 is 1.35 bits per heavy atom. The first kappa shape index (κ1) is 17.5. The number of nitrogens with one attached hydrogen (secondary N) is 1. The molecule has 0 saturated heterocycles. The van der Waals surface area contributed by atoms with Gasteiger partial charge in [0.25, 0.3) is 0 Å². The van der Waals surface area contributed by atoms with Crippen LogP contribution in [0.25, 0.3) is 0 Å². The van der Waals surface area contributed by atoms with Crippen molar-refractivity contribution in [3.05, 3.63) is 34.3 Å². The van der Waals surface area contributed by atoms with Crippen molar-refractivity contribution in [2.75, 3.05) is 6.54 Å². The van der Waals surface area contributed by atoms with Gasteiger partial charge in [-0.15, -0.1) is 12.4 Å². The molecule has 1 saturated carbocycles. The smallest absolute Gasteiger partial charge is 0.230 e. The fourth-order valence-electron chi connectivity index (χ4n) is 2.42. The molecule has 1 aromatic rings. The number of rotatable bonds is 4. The molecule has 0 spiro atoms. The molecule has 0 bridgehead atoms. The molecule has 0 unspecified atom stereocenters. The summed E-state index contributed by atoms with van der Waals surface area (Å²) in [7, 11) is 0. The van der Waals surface area contributed by atoms with Crippen LogP contribution in [0.4, 0.5) is 0 Å². The molecule has 2 rings (SSSR count). The summed E-state index contributed by atoms with van der Waals surface area (Å²) in [6, 6.07) is 8.07. The van der Waals surface area contributed by atoms with Crippen LogP contribution in [-0.2, 0) is 10.2 Å². The summed E-state index contributed by atoms with van der Waals surface area (Å²) in [5, 5.41) is 3.00. The van der Waals surface area contributed by atoms with Crippen LogP contribution in [0.2, 0.25) is 0 Å². The highest BCUT2D eigenvalue weighted by atomic mass is 79.9. The van der Waals surface area contributed by atoms with Gasteiger partial charge in [0.1, 0.15) is 0 Å². The highest BCUT2D eigenvalue weighted by molar-refractivity contribution is 9.10. The molecule has 0 heterocycles. The third-order valence-corrected chi connectivity index (χ3v) is 4.27. The molecule has 0 aromatic heterocycles. The minimum Gasteiger partial charge on any atom is -0.354 e. The van der Waals surface area contributed by atoms with Gasteiger partial charge in [-0.3, -0.25) is 4.79 Å². The maximum absolute atomic E-state index is 12.5. The number of nitrogens with two attached hydrogens (primary N) is 1. The second-order valence-corrected chi connectivity index (χ2v) is 7.03. The minimum atomic E-state index is -0.375. The number of halogens is 2. The van der Waals surface area contributed by atoms with Gasteiger partial charge in [-0.05, 0) is 44.4 Å². The van der Waals surface area contributed by atoms with Gasteiger partial charge >= 0.3 is 0 Å². The number of hydrogen-bond acceptors (Lipinski definition) is 2. The maximum atomic E-state index is 12.5. The Kier molecular flexibility index (Phi) is 5.64. The second kappa shape index (κ2) is 6.46. The Labute approximate surface area is 135 Å². The van der Waals surface area contributed by atoms with Crippen LogP contribution in [0.1, 0.15) is 38.7 Å². The Morgan fingerprint density at radius 2 is 1.90 bits per heavy atom. The van der Waals surface area contributed by atoms with Crippen molar-refractivity contribution < 1.29 is 4.79 Å². The molecule has 20 heavy (non-hydrogen) atoms. The molecule has 0 atom stereocenters. The molecule has 0 radical (unpaired) electrons. The molecular formula is C15H22BrClN2O. The average Bonchev–Trinajstić information content (AvgIpc) is 2.26. The van der Waals surface area contributed by atoms with Crippen LogP contribution < -0.4 is 11.1 Å². The highest BCUT2D eigenvalue weighted by Crippen LogP contribution is 2.44. The SMILES string of the molecule is CC(C)(N)CNC(=O)C1(c2ccc(Br)cc2)CCC1.Cl. The lowest BCUT2D eigenvalue weighted by molar-refractivity contribution is -0.130. The van der Waals surface area contributed by atoms with Gasteiger partial charge < -0.3 is 11.1 Å². The quantitative estimate of drug-likeness (QED) is 0.865. The second-order valence-electron chi connectivity index (χ2n) is 6.11. The van der Waals surface area contributed by atoms with Crippen LogP contribution in [0.5, 0.6) is 0 Å². The average molecular weight is 362 g/mol. The molecule has 1 amide bonds. The Hall–Kier alpha value is -0.580. The van der Waals surface area contributed by atoms with Crippen LogP contribution in [0, 0.1) is 0 Å². The maximum Gasteiger partial charge on any atom is 0.230 e. The highest BCUT2D eigenvalue weighted by Gasteiger charge is 2.45. The van der Waals surface area contributed by atoms with Crippen molar-refractivity contribution in [3.8, 4) is 0 Å². The molecule has 0 aliphatic heterocycles. The van der Waals surface area contributed by atoms with E-state index in [1.807, 2.05) is 38.1 Å². The topological polar surface area (TPSA) is 55.1 Å². The molecule has 1 aliphatic carbocycles. The van der Waals surface area contributed by atoms with E-state index < -0.39 is 0 Å². The Balaban J connectivity index is 0.00000200. The summed E-state index contributed by atoms with van der Waals surface area (Å²) < 4.78 is 1.04. The van der Waals surface area contributed by atoms with Gasteiger partial charge in [-0.25, -0.2) is 0 Å². The van der Waals surface area contributed by atoms with E-state index in [1.165, 1.54) is 0 Å². The van der Waals surface area contributed by atoms with Gasteiger partial charge in [-0.2, -0.15) is 0 Å². The van der Waals surface area contributed by atoms with Crippen LogP contribution in [0.3, 0.4) is 0 Å². The van der Waals surface area contributed by atoms with E-state index in [1.54, 1.807) is 0 Å². The Morgan fingerprint density at radius 3 is 2.30 bits per heavy atom. The number of hydrogen-bond donors (Lipinski definition) is 2. The predicted molar refractivity (Wildman–Crippen MR) is 88.2 cm³/mol. The van der Waals surface area contributed by atoms with Gasteiger partial charge in [0, 0.05) is 16.6 Å². The zero-order chi connectivity index (χ0) is 14.1. The standard InChI is InChI=1S/C15H21BrN2O.ClH/c1-14(2,17)10-18-13(19)15(8-3-9-15)11-4-6-12(16)7-5-11;/h4-7H,3,8-10,17H2,1-2H3,(H,18,19);1H. The van der Waals surface area contributed by atoms with E-state index in [-0.39, 0.29) is 29.3 Å². The number of carbonyl (C=O) groups excluding carboxylic acids is 1. The molecule has 1 aromatic carbocycles. The monoisotopic (exact) mass is 360 g/mol. The first-order valence-electron chi connectivity index (χ1n) is 6.67. The molecule has 112 valence electrons. The summed E-state index contributed by atoms with van der Waals surface area (Å²) in [5.41, 5.74) is 6.31.